The molecule has 0 aromatic rings. The summed E-state index contributed by atoms with van der Waals surface area (Å²) in [6.07, 6.45) is 37.6. The van der Waals surface area contributed by atoms with Crippen LogP contribution >= 0.6 is 15.6 Å². The van der Waals surface area contributed by atoms with Gasteiger partial charge in [0.2, 0.25) is 0 Å². The Morgan fingerprint density at radius 3 is 0.721 bits per heavy atom. The topological polar surface area (TPSA) is 237 Å². The van der Waals surface area contributed by atoms with Crippen molar-refractivity contribution in [2.24, 2.45) is 23.7 Å². The maximum atomic E-state index is 13.0. The summed E-state index contributed by atoms with van der Waals surface area (Å²) in [5.41, 5.74) is 0. The summed E-state index contributed by atoms with van der Waals surface area (Å²) in [5, 5.41) is 10.6. The second-order valence-corrected chi connectivity index (χ2v) is 29.0. The zero-order valence-corrected chi connectivity index (χ0v) is 57.7. The van der Waals surface area contributed by atoms with Crippen LogP contribution in [-0.2, 0) is 65.4 Å². The minimum Gasteiger partial charge on any atom is -0.462 e. The molecule has 0 aromatic heterocycles. The van der Waals surface area contributed by atoms with Gasteiger partial charge in [-0.25, -0.2) is 9.13 Å². The first-order valence-electron chi connectivity index (χ1n) is 34.7. The molecule has 86 heavy (non-hydrogen) atoms. The van der Waals surface area contributed by atoms with Gasteiger partial charge in [-0.2, -0.15) is 0 Å². The van der Waals surface area contributed by atoms with Gasteiger partial charge in [0.25, 0.3) is 0 Å². The molecule has 0 rings (SSSR count). The fourth-order valence-corrected chi connectivity index (χ4v) is 11.5. The van der Waals surface area contributed by atoms with Crippen molar-refractivity contribution < 1.29 is 80.2 Å². The van der Waals surface area contributed by atoms with Crippen LogP contribution in [0.1, 0.15) is 325 Å². The van der Waals surface area contributed by atoms with E-state index in [1.165, 1.54) is 128 Å². The first-order valence-corrected chi connectivity index (χ1v) is 37.7. The molecule has 0 saturated carbocycles. The molecule has 0 amide bonds. The smallest absolute Gasteiger partial charge is 0.462 e. The molecule has 0 saturated heterocycles. The molecule has 5 atom stereocenters. The maximum absolute atomic E-state index is 13.0. The zero-order valence-electron chi connectivity index (χ0n) is 55.9. The number of carbonyl (C=O) groups excluding carboxylic acids is 4. The van der Waals surface area contributed by atoms with Gasteiger partial charge in [-0.15, -0.1) is 0 Å². The summed E-state index contributed by atoms with van der Waals surface area (Å²) in [4.78, 5) is 72.4. The molecule has 0 aliphatic rings. The van der Waals surface area contributed by atoms with Crippen molar-refractivity contribution in [2.75, 3.05) is 39.6 Å². The standard InChI is InChI=1S/C67H130O17P2/c1-57(2)43-35-27-19-11-9-13-23-31-39-47-64(69)77-53-62(83-66(71)49-41-33-25-14-10-12-20-28-36-44-58(3)4)55-81-85(73,74)79-51-61(68)52-80-86(75,76)82-56-63(84-67(72)50-42-34-26-18-16-22-30-38-46-60(7)8)54-78-65(70)48-40-32-24-17-15-21-29-37-45-59(5)6/h57-63,68H,9-56H2,1-8H3,(H,73,74)(H,75,76)/t61?,62-,63-/m1/s1. The van der Waals surface area contributed by atoms with E-state index >= 15 is 0 Å². The molecule has 3 N–H and O–H groups in total. The van der Waals surface area contributed by atoms with Crippen molar-refractivity contribution in [1.82, 2.24) is 0 Å². The molecule has 0 aromatic carbocycles. The normalized spacial score (nSPS) is 14.4. The van der Waals surface area contributed by atoms with Gasteiger partial charge in [-0.1, -0.05) is 274 Å². The SMILES string of the molecule is CC(C)CCCCCCCCCCCC(=O)OC[C@H](COP(=O)(O)OCC(O)COP(=O)(O)OC[C@@H](COC(=O)CCCCCCCCCCC(C)C)OC(=O)CCCCCCCCCCC(C)C)OC(=O)CCCCCCCCCCCC(C)C. The van der Waals surface area contributed by atoms with E-state index in [9.17, 15) is 43.2 Å². The molecule has 0 aliphatic carbocycles. The minimum atomic E-state index is -4.95. The Bertz CT molecular complexity index is 1710. The third-order valence-corrected chi connectivity index (χ3v) is 17.2. The van der Waals surface area contributed by atoms with Crippen molar-refractivity contribution in [1.29, 1.82) is 0 Å². The number of rotatable bonds is 64. The van der Waals surface area contributed by atoms with Crippen LogP contribution < -0.4 is 0 Å². The van der Waals surface area contributed by atoms with Crippen LogP contribution in [0.5, 0.6) is 0 Å². The van der Waals surface area contributed by atoms with Crippen LogP contribution in [0.3, 0.4) is 0 Å². The largest absolute Gasteiger partial charge is 0.472 e. The summed E-state index contributed by atoms with van der Waals surface area (Å²) in [6.45, 7) is 14.0. The van der Waals surface area contributed by atoms with Crippen molar-refractivity contribution in [3.8, 4) is 0 Å². The van der Waals surface area contributed by atoms with Gasteiger partial charge >= 0.3 is 39.5 Å². The molecule has 0 spiro atoms. The van der Waals surface area contributed by atoms with Gasteiger partial charge in [0.05, 0.1) is 26.4 Å². The molecule has 0 radical (unpaired) electrons. The molecule has 0 fully saturated rings. The second kappa shape index (κ2) is 57.0. The summed E-state index contributed by atoms with van der Waals surface area (Å²) in [6, 6.07) is 0. The lowest BCUT2D eigenvalue weighted by Gasteiger charge is -2.21. The Balaban J connectivity index is 5.26. The van der Waals surface area contributed by atoms with Crippen LogP contribution in [-0.4, -0.2) is 96.7 Å². The highest BCUT2D eigenvalue weighted by Crippen LogP contribution is 2.45. The van der Waals surface area contributed by atoms with Gasteiger partial charge in [0, 0.05) is 25.7 Å². The number of ether oxygens (including phenoxy) is 4. The Labute approximate surface area is 524 Å². The number of esters is 4. The van der Waals surface area contributed by atoms with Crippen LogP contribution in [0.25, 0.3) is 0 Å². The number of aliphatic hydroxyl groups excluding tert-OH is 1. The van der Waals surface area contributed by atoms with Gasteiger partial charge in [-0.3, -0.25) is 37.3 Å². The van der Waals surface area contributed by atoms with E-state index in [4.69, 9.17) is 37.0 Å². The average Bonchev–Trinajstić information content (AvgIpc) is 3.67. The molecule has 3 unspecified atom stereocenters. The third-order valence-electron chi connectivity index (χ3n) is 15.3. The summed E-state index contributed by atoms with van der Waals surface area (Å²) in [7, 11) is -9.90. The summed E-state index contributed by atoms with van der Waals surface area (Å²) >= 11 is 0. The first kappa shape index (κ1) is 84.1. The molecule has 510 valence electrons. The third kappa shape index (κ3) is 60.9. The Morgan fingerprint density at radius 1 is 0.291 bits per heavy atom. The lowest BCUT2D eigenvalue weighted by molar-refractivity contribution is -0.161. The number of aliphatic hydroxyl groups is 1. The molecule has 0 bridgehead atoms. The molecular formula is C67H130O17P2. The van der Waals surface area contributed by atoms with E-state index in [-0.39, 0.29) is 25.7 Å². The maximum Gasteiger partial charge on any atom is 0.472 e. The number of hydrogen-bond donors (Lipinski definition) is 3. The second-order valence-electron chi connectivity index (χ2n) is 26.1. The van der Waals surface area contributed by atoms with Crippen LogP contribution in [0.15, 0.2) is 0 Å². The van der Waals surface area contributed by atoms with E-state index in [1.54, 1.807) is 0 Å². The highest BCUT2D eigenvalue weighted by atomic mass is 31.2. The van der Waals surface area contributed by atoms with E-state index in [2.05, 4.69) is 55.4 Å². The summed E-state index contributed by atoms with van der Waals surface area (Å²) in [5.74, 6) is 0.789. The lowest BCUT2D eigenvalue weighted by Crippen LogP contribution is -2.30. The number of phosphoric ester groups is 2. The monoisotopic (exact) mass is 1270 g/mol. The van der Waals surface area contributed by atoms with E-state index in [1.807, 2.05) is 0 Å². The predicted octanol–water partition coefficient (Wildman–Crippen LogP) is 18.5. The van der Waals surface area contributed by atoms with Crippen molar-refractivity contribution in [3.05, 3.63) is 0 Å². The van der Waals surface area contributed by atoms with Crippen molar-refractivity contribution in [2.45, 2.75) is 343 Å². The number of phosphoric acid groups is 2. The van der Waals surface area contributed by atoms with Gasteiger partial charge < -0.3 is 33.8 Å². The highest BCUT2D eigenvalue weighted by Gasteiger charge is 2.30. The predicted molar refractivity (Wildman–Crippen MR) is 344 cm³/mol. The average molecular weight is 1270 g/mol. The molecule has 0 heterocycles. The first-order chi connectivity index (χ1) is 41.1. The molecule has 19 heteroatoms. The van der Waals surface area contributed by atoms with Crippen molar-refractivity contribution in [3.63, 3.8) is 0 Å². The fraction of sp³-hybridized carbons (Fsp3) is 0.940. The Morgan fingerprint density at radius 2 is 0.488 bits per heavy atom. The highest BCUT2D eigenvalue weighted by molar-refractivity contribution is 7.47. The van der Waals surface area contributed by atoms with Crippen LogP contribution in [0, 0.1) is 23.7 Å². The molecule has 17 nitrogen and oxygen atoms in total. The van der Waals surface area contributed by atoms with Crippen molar-refractivity contribution >= 4 is 39.5 Å². The van der Waals surface area contributed by atoms with E-state index in [0.29, 0.717) is 25.7 Å². The number of unbranched alkanes of at least 4 members (excludes halogenated alkanes) is 30. The summed E-state index contributed by atoms with van der Waals surface area (Å²) < 4.78 is 68.1. The fourth-order valence-electron chi connectivity index (χ4n) is 9.96. The number of hydrogen-bond acceptors (Lipinski definition) is 15. The van der Waals surface area contributed by atoms with E-state index < -0.39 is 97.5 Å². The van der Waals surface area contributed by atoms with E-state index in [0.717, 1.165) is 114 Å². The van der Waals surface area contributed by atoms with Crippen LogP contribution in [0.2, 0.25) is 0 Å². The quantitative estimate of drug-likeness (QED) is 0.0222. The molecule has 0 aliphatic heterocycles. The molecular weight excluding hydrogens is 1140 g/mol. The van der Waals surface area contributed by atoms with Gasteiger partial charge in [-0.05, 0) is 49.4 Å². The Kier molecular flexibility index (Phi) is 55.7. The zero-order chi connectivity index (χ0) is 63.9. The Hall–Kier alpha value is -1.94. The minimum absolute atomic E-state index is 0.103. The number of carbonyl (C=O) groups is 4. The van der Waals surface area contributed by atoms with Gasteiger partial charge in [0.15, 0.2) is 12.2 Å². The lowest BCUT2D eigenvalue weighted by atomic mass is 10.0. The van der Waals surface area contributed by atoms with Crippen LogP contribution in [0.4, 0.5) is 0 Å². The van der Waals surface area contributed by atoms with Gasteiger partial charge in [0.1, 0.15) is 19.3 Å².